The van der Waals surface area contributed by atoms with E-state index in [9.17, 15) is 14.4 Å². The summed E-state index contributed by atoms with van der Waals surface area (Å²) in [5.74, 6) is -0.600. The Bertz CT molecular complexity index is 1580. The van der Waals surface area contributed by atoms with Gasteiger partial charge < -0.3 is 14.7 Å². The second-order valence-electron chi connectivity index (χ2n) is 7.55. The molecule has 162 valence electrons. The minimum atomic E-state index is -0.692. The van der Waals surface area contributed by atoms with Gasteiger partial charge in [-0.05, 0) is 36.8 Å². The number of imidazole rings is 1. The Hall–Kier alpha value is -4.72. The highest BCUT2D eigenvalue weighted by atomic mass is 16.2. The van der Waals surface area contributed by atoms with Crippen LogP contribution in [0.3, 0.4) is 0 Å². The van der Waals surface area contributed by atoms with Gasteiger partial charge in [-0.15, -0.1) is 0 Å². The van der Waals surface area contributed by atoms with E-state index < -0.39 is 17.2 Å². The average Bonchev–Trinajstić information content (AvgIpc) is 3.25. The van der Waals surface area contributed by atoms with E-state index in [-0.39, 0.29) is 5.69 Å². The highest BCUT2D eigenvalue weighted by molar-refractivity contribution is 6.04. The van der Waals surface area contributed by atoms with Crippen molar-refractivity contribution in [2.24, 2.45) is 0 Å². The number of H-pyrrole nitrogens is 1. The minimum Gasteiger partial charge on any atom is -0.320 e. The fourth-order valence-corrected chi connectivity index (χ4v) is 3.73. The van der Waals surface area contributed by atoms with Gasteiger partial charge in [0.25, 0.3) is 11.5 Å². The first-order valence-electron chi connectivity index (χ1n) is 10.3. The summed E-state index contributed by atoms with van der Waals surface area (Å²) >= 11 is 0. The van der Waals surface area contributed by atoms with Crippen molar-refractivity contribution in [1.82, 2.24) is 18.9 Å². The SMILES string of the molecule is Cc1cccn2cc(-c3ccccc3NC(=O)c3cc(=O)n(-c4ccccc4)c(=O)[nH]3)nc12. The first kappa shape index (κ1) is 20.2. The molecule has 0 aliphatic rings. The Morgan fingerprint density at radius 1 is 0.970 bits per heavy atom. The molecule has 3 heterocycles. The Balaban J connectivity index is 1.50. The number of anilines is 1. The van der Waals surface area contributed by atoms with Gasteiger partial charge >= 0.3 is 5.69 Å². The van der Waals surface area contributed by atoms with Crippen LogP contribution in [0.15, 0.2) is 94.8 Å². The number of hydrogen-bond donors (Lipinski definition) is 2. The van der Waals surface area contributed by atoms with Crippen molar-refractivity contribution in [3.05, 3.63) is 117 Å². The highest BCUT2D eigenvalue weighted by Crippen LogP contribution is 2.28. The molecule has 0 saturated heterocycles. The molecular formula is C25H19N5O3. The van der Waals surface area contributed by atoms with Crippen LogP contribution in [-0.4, -0.2) is 24.8 Å². The number of carbonyl (C=O) groups is 1. The summed E-state index contributed by atoms with van der Waals surface area (Å²) in [4.78, 5) is 45.3. The molecule has 8 heteroatoms. The number of rotatable bonds is 4. The van der Waals surface area contributed by atoms with Crippen LogP contribution in [0.25, 0.3) is 22.6 Å². The van der Waals surface area contributed by atoms with E-state index in [4.69, 9.17) is 4.98 Å². The number of benzene rings is 2. The molecule has 5 rings (SSSR count). The summed E-state index contributed by atoms with van der Waals surface area (Å²) in [6.45, 7) is 1.98. The molecule has 0 spiro atoms. The molecule has 3 aromatic heterocycles. The predicted molar refractivity (Wildman–Crippen MR) is 126 cm³/mol. The maximum atomic E-state index is 12.9. The number of hydrogen-bond acceptors (Lipinski definition) is 4. The molecule has 0 saturated carbocycles. The fourth-order valence-electron chi connectivity index (χ4n) is 3.73. The third-order valence-corrected chi connectivity index (χ3v) is 5.32. The summed E-state index contributed by atoms with van der Waals surface area (Å²) in [6, 6.07) is 20.8. The van der Waals surface area contributed by atoms with Gasteiger partial charge in [-0.25, -0.2) is 14.3 Å². The van der Waals surface area contributed by atoms with Crippen LogP contribution in [0.1, 0.15) is 16.1 Å². The van der Waals surface area contributed by atoms with Gasteiger partial charge in [0, 0.05) is 24.0 Å². The Kier molecular flexibility index (Phi) is 4.95. The maximum absolute atomic E-state index is 12.9. The van der Waals surface area contributed by atoms with Crippen molar-refractivity contribution in [3.8, 4) is 16.9 Å². The van der Waals surface area contributed by atoms with Crippen LogP contribution in [0.2, 0.25) is 0 Å². The van der Waals surface area contributed by atoms with Gasteiger partial charge in [-0.2, -0.15) is 0 Å². The lowest BCUT2D eigenvalue weighted by Gasteiger charge is -2.10. The zero-order valence-electron chi connectivity index (χ0n) is 17.6. The van der Waals surface area contributed by atoms with Gasteiger partial charge in [0.05, 0.1) is 17.1 Å². The topological polar surface area (TPSA) is 101 Å². The van der Waals surface area contributed by atoms with Gasteiger partial charge in [0.1, 0.15) is 11.3 Å². The summed E-state index contributed by atoms with van der Waals surface area (Å²) in [5.41, 5.74) is 2.77. The molecule has 5 aromatic rings. The highest BCUT2D eigenvalue weighted by Gasteiger charge is 2.16. The Labute approximate surface area is 187 Å². The molecular weight excluding hydrogens is 418 g/mol. The molecule has 2 aromatic carbocycles. The number of aromatic nitrogens is 4. The number of nitrogens with one attached hydrogen (secondary N) is 2. The van der Waals surface area contributed by atoms with Crippen molar-refractivity contribution in [1.29, 1.82) is 0 Å². The largest absolute Gasteiger partial charge is 0.333 e. The third kappa shape index (κ3) is 3.74. The molecule has 0 aliphatic carbocycles. The third-order valence-electron chi connectivity index (χ3n) is 5.32. The van der Waals surface area contributed by atoms with Crippen LogP contribution in [0.4, 0.5) is 5.69 Å². The molecule has 2 N–H and O–H groups in total. The van der Waals surface area contributed by atoms with Crippen molar-refractivity contribution in [2.45, 2.75) is 6.92 Å². The van der Waals surface area contributed by atoms with Crippen LogP contribution in [0.5, 0.6) is 0 Å². The van der Waals surface area contributed by atoms with Gasteiger partial charge in [-0.1, -0.05) is 42.5 Å². The van der Waals surface area contributed by atoms with E-state index in [0.717, 1.165) is 21.8 Å². The molecule has 0 radical (unpaired) electrons. The number of fused-ring (bicyclic) bond motifs is 1. The van der Waals surface area contributed by atoms with E-state index in [0.29, 0.717) is 22.6 Å². The van der Waals surface area contributed by atoms with Gasteiger partial charge in [-0.3, -0.25) is 9.59 Å². The lowest BCUT2D eigenvalue weighted by molar-refractivity contribution is 0.102. The number of amides is 1. The monoisotopic (exact) mass is 437 g/mol. The van der Waals surface area contributed by atoms with Crippen LogP contribution >= 0.6 is 0 Å². The lowest BCUT2D eigenvalue weighted by atomic mass is 10.1. The number of nitrogens with zero attached hydrogens (tertiary/aromatic N) is 3. The number of aryl methyl sites for hydroxylation is 1. The van der Waals surface area contributed by atoms with Crippen LogP contribution in [0, 0.1) is 6.92 Å². The number of pyridine rings is 1. The van der Waals surface area contributed by atoms with Crippen LogP contribution < -0.4 is 16.6 Å². The zero-order chi connectivity index (χ0) is 22.9. The second kappa shape index (κ2) is 8.08. The molecule has 0 fully saturated rings. The molecule has 1 amide bonds. The molecule has 0 unspecified atom stereocenters. The zero-order valence-corrected chi connectivity index (χ0v) is 17.6. The van der Waals surface area contributed by atoms with Crippen molar-refractivity contribution >= 4 is 17.2 Å². The summed E-state index contributed by atoms with van der Waals surface area (Å²) in [7, 11) is 0. The quantitative estimate of drug-likeness (QED) is 0.450. The van der Waals surface area contributed by atoms with E-state index >= 15 is 0 Å². The van der Waals surface area contributed by atoms with E-state index in [1.165, 1.54) is 0 Å². The second-order valence-corrected chi connectivity index (χ2v) is 7.55. The molecule has 33 heavy (non-hydrogen) atoms. The average molecular weight is 437 g/mol. The molecule has 0 aliphatic heterocycles. The number of aromatic amines is 1. The van der Waals surface area contributed by atoms with Crippen LogP contribution in [-0.2, 0) is 0 Å². The van der Waals surface area contributed by atoms with E-state index in [1.54, 1.807) is 42.5 Å². The fraction of sp³-hybridized carbons (Fsp3) is 0.0400. The number of para-hydroxylation sites is 2. The predicted octanol–water partition coefficient (Wildman–Crippen LogP) is 3.40. The lowest BCUT2D eigenvalue weighted by Crippen LogP contribution is -2.35. The van der Waals surface area contributed by atoms with Gasteiger partial charge in [0.15, 0.2) is 0 Å². The van der Waals surface area contributed by atoms with Crippen molar-refractivity contribution < 1.29 is 4.79 Å². The normalized spacial score (nSPS) is 10.9. The smallest absolute Gasteiger partial charge is 0.320 e. The summed E-state index contributed by atoms with van der Waals surface area (Å²) in [6.07, 6.45) is 3.79. The standard InChI is InChI=1S/C25H19N5O3/c1-16-8-7-13-29-15-21(26-23(16)29)18-11-5-6-12-19(18)27-24(32)20-14-22(31)30(25(33)28-20)17-9-3-2-4-10-17/h2-15H,1H3,(H,27,32)(H,28,33). The number of carbonyl (C=O) groups excluding carboxylic acids is 1. The van der Waals surface area contributed by atoms with E-state index in [1.807, 2.05) is 48.0 Å². The van der Waals surface area contributed by atoms with Crippen molar-refractivity contribution in [3.63, 3.8) is 0 Å². The molecule has 0 bridgehead atoms. The minimum absolute atomic E-state index is 0.127. The first-order valence-corrected chi connectivity index (χ1v) is 10.3. The molecule has 0 atom stereocenters. The molecule has 8 nitrogen and oxygen atoms in total. The summed E-state index contributed by atoms with van der Waals surface area (Å²) < 4.78 is 2.90. The Morgan fingerprint density at radius 2 is 1.73 bits per heavy atom. The first-order chi connectivity index (χ1) is 16.0. The Morgan fingerprint density at radius 3 is 2.48 bits per heavy atom. The van der Waals surface area contributed by atoms with E-state index in [2.05, 4.69) is 10.3 Å². The summed E-state index contributed by atoms with van der Waals surface area (Å²) in [5, 5.41) is 2.79. The van der Waals surface area contributed by atoms with Crippen molar-refractivity contribution in [2.75, 3.05) is 5.32 Å². The van der Waals surface area contributed by atoms with Gasteiger partial charge in [0.2, 0.25) is 0 Å². The maximum Gasteiger partial charge on any atom is 0.333 e.